The predicted molar refractivity (Wildman–Crippen MR) is 106 cm³/mol. The summed E-state index contributed by atoms with van der Waals surface area (Å²) in [6.45, 7) is 4.37. The number of anilines is 2. The van der Waals surface area contributed by atoms with E-state index in [1.807, 2.05) is 13.8 Å². The largest absolute Gasteiger partial charge is 0.371 e. The molecule has 2 aromatic rings. The molecule has 0 spiro atoms. The maximum absolute atomic E-state index is 16.5. The van der Waals surface area contributed by atoms with Gasteiger partial charge in [0.05, 0.1) is 19.0 Å². The standard InChI is InChI=1S/C19H29FN6O3/c1-4-12-11(2)19(20,9-28-13-7-5-6-8-27-13)17(29-12)26-10-23-14-15(22-3)24-18(21)25-16(14)26/h10-13,17H,4-9H2,1-3H3,(H3,21,22,24,25)/t11-,12-,13?,17-,19-/m1/s1. The number of hydrogen-bond donors (Lipinski definition) is 2. The third-order valence-corrected chi connectivity index (χ3v) is 5.99. The molecule has 0 aromatic carbocycles. The van der Waals surface area contributed by atoms with E-state index >= 15 is 4.39 Å². The van der Waals surface area contributed by atoms with Gasteiger partial charge in [0, 0.05) is 19.6 Å². The van der Waals surface area contributed by atoms with Gasteiger partial charge >= 0.3 is 0 Å². The van der Waals surface area contributed by atoms with Gasteiger partial charge in [0.1, 0.15) is 0 Å². The molecular formula is C19H29FN6O3. The molecule has 5 atom stereocenters. The van der Waals surface area contributed by atoms with E-state index in [9.17, 15) is 0 Å². The van der Waals surface area contributed by atoms with Crippen LogP contribution in [0.5, 0.6) is 0 Å². The van der Waals surface area contributed by atoms with E-state index in [-0.39, 0.29) is 30.9 Å². The number of imidazole rings is 1. The van der Waals surface area contributed by atoms with Crippen molar-refractivity contribution in [2.24, 2.45) is 5.92 Å². The molecule has 0 bridgehead atoms. The van der Waals surface area contributed by atoms with Crippen LogP contribution >= 0.6 is 0 Å². The number of ether oxygens (including phenoxy) is 3. The van der Waals surface area contributed by atoms with Gasteiger partial charge in [-0.1, -0.05) is 13.8 Å². The zero-order valence-electron chi connectivity index (χ0n) is 17.1. The van der Waals surface area contributed by atoms with Crippen molar-refractivity contribution >= 4 is 22.9 Å². The molecule has 2 aliphatic rings. The Labute approximate surface area is 169 Å². The van der Waals surface area contributed by atoms with Gasteiger partial charge in [0.2, 0.25) is 5.95 Å². The highest BCUT2D eigenvalue weighted by atomic mass is 19.1. The highest BCUT2D eigenvalue weighted by Crippen LogP contribution is 2.48. The fourth-order valence-electron chi connectivity index (χ4n) is 4.22. The van der Waals surface area contributed by atoms with Crippen LogP contribution in [-0.2, 0) is 14.2 Å². The van der Waals surface area contributed by atoms with Crippen LogP contribution in [-0.4, -0.2) is 57.8 Å². The van der Waals surface area contributed by atoms with Crippen molar-refractivity contribution in [2.45, 2.75) is 63.8 Å². The highest BCUT2D eigenvalue weighted by molar-refractivity contribution is 5.84. The topological polar surface area (TPSA) is 109 Å². The molecule has 3 N–H and O–H groups in total. The second-order valence-electron chi connectivity index (χ2n) is 7.76. The summed E-state index contributed by atoms with van der Waals surface area (Å²) < 4.78 is 35.7. The van der Waals surface area contributed by atoms with Gasteiger partial charge in [-0.15, -0.1) is 0 Å². The molecule has 0 aliphatic carbocycles. The average molecular weight is 408 g/mol. The van der Waals surface area contributed by atoms with E-state index in [1.54, 1.807) is 11.6 Å². The molecule has 2 aromatic heterocycles. The Hall–Kier alpha value is -2.04. The Morgan fingerprint density at radius 2 is 2.24 bits per heavy atom. The molecule has 0 amide bonds. The van der Waals surface area contributed by atoms with Crippen molar-refractivity contribution in [2.75, 3.05) is 31.3 Å². The van der Waals surface area contributed by atoms with Crippen LogP contribution in [0.3, 0.4) is 0 Å². The Balaban J connectivity index is 1.68. The van der Waals surface area contributed by atoms with Crippen LogP contribution in [0.2, 0.25) is 0 Å². The van der Waals surface area contributed by atoms with Crippen molar-refractivity contribution < 1.29 is 18.6 Å². The number of halogens is 1. The number of alkyl halides is 1. The van der Waals surface area contributed by atoms with Crippen LogP contribution < -0.4 is 11.1 Å². The van der Waals surface area contributed by atoms with Gasteiger partial charge in [-0.3, -0.25) is 4.57 Å². The third-order valence-electron chi connectivity index (χ3n) is 5.99. The second-order valence-corrected chi connectivity index (χ2v) is 7.76. The van der Waals surface area contributed by atoms with E-state index in [0.29, 0.717) is 30.0 Å². The molecule has 160 valence electrons. The molecule has 2 fully saturated rings. The van der Waals surface area contributed by atoms with Crippen LogP contribution in [0.15, 0.2) is 6.33 Å². The van der Waals surface area contributed by atoms with Crippen molar-refractivity contribution in [1.29, 1.82) is 0 Å². The molecule has 2 saturated heterocycles. The van der Waals surface area contributed by atoms with E-state index in [1.165, 1.54) is 6.33 Å². The number of hydrogen-bond acceptors (Lipinski definition) is 8. The first kappa shape index (κ1) is 20.2. The Morgan fingerprint density at radius 3 is 2.93 bits per heavy atom. The maximum Gasteiger partial charge on any atom is 0.224 e. The summed E-state index contributed by atoms with van der Waals surface area (Å²) in [5.41, 5.74) is 5.02. The lowest BCUT2D eigenvalue weighted by Crippen LogP contribution is -2.43. The van der Waals surface area contributed by atoms with E-state index in [0.717, 1.165) is 19.3 Å². The van der Waals surface area contributed by atoms with Crippen LogP contribution in [0.1, 0.15) is 45.8 Å². The first-order valence-electron chi connectivity index (χ1n) is 10.2. The Bertz CT molecular complexity index is 858. The van der Waals surface area contributed by atoms with Gasteiger partial charge in [0.15, 0.2) is 35.2 Å². The van der Waals surface area contributed by atoms with Crippen LogP contribution in [0.4, 0.5) is 16.2 Å². The number of nitrogens with two attached hydrogens (primary N) is 1. The molecule has 29 heavy (non-hydrogen) atoms. The van der Waals surface area contributed by atoms with Gasteiger partial charge < -0.3 is 25.3 Å². The monoisotopic (exact) mass is 408 g/mol. The quantitative estimate of drug-likeness (QED) is 0.751. The number of nitrogen functional groups attached to an aromatic ring is 1. The smallest absolute Gasteiger partial charge is 0.224 e. The summed E-state index contributed by atoms with van der Waals surface area (Å²) in [4.78, 5) is 12.8. The highest BCUT2D eigenvalue weighted by Gasteiger charge is 2.56. The van der Waals surface area contributed by atoms with Crippen LogP contribution in [0, 0.1) is 5.92 Å². The number of fused-ring (bicyclic) bond motifs is 1. The molecule has 1 unspecified atom stereocenters. The van der Waals surface area contributed by atoms with Crippen LogP contribution in [0.25, 0.3) is 11.2 Å². The number of nitrogens with one attached hydrogen (secondary N) is 1. The second kappa shape index (κ2) is 8.00. The summed E-state index contributed by atoms with van der Waals surface area (Å²) in [5.74, 6) is 0.195. The van der Waals surface area contributed by atoms with E-state index < -0.39 is 11.9 Å². The number of aromatic nitrogens is 4. The summed E-state index contributed by atoms with van der Waals surface area (Å²) >= 11 is 0. The van der Waals surface area contributed by atoms with Gasteiger partial charge in [-0.05, 0) is 25.7 Å². The summed E-state index contributed by atoms with van der Waals surface area (Å²) in [6.07, 6.45) is 3.46. The summed E-state index contributed by atoms with van der Waals surface area (Å²) in [6, 6.07) is 0. The van der Waals surface area contributed by atoms with E-state index in [4.69, 9.17) is 19.9 Å². The Morgan fingerprint density at radius 1 is 1.41 bits per heavy atom. The van der Waals surface area contributed by atoms with Gasteiger partial charge in [-0.2, -0.15) is 9.97 Å². The van der Waals surface area contributed by atoms with E-state index in [2.05, 4.69) is 20.3 Å². The predicted octanol–water partition coefficient (Wildman–Crippen LogP) is 2.65. The SMILES string of the molecule is CC[C@H]1O[C@@H](n2cnc3c(NC)nc(N)nc32)[C@@](F)(COC2CCCCO2)[C@@H]1C. The lowest BCUT2D eigenvalue weighted by atomic mass is 9.87. The molecule has 2 aliphatic heterocycles. The van der Waals surface area contributed by atoms with Crippen molar-refractivity contribution in [3.63, 3.8) is 0 Å². The minimum Gasteiger partial charge on any atom is -0.371 e. The number of nitrogens with zero attached hydrogens (tertiary/aromatic N) is 4. The third kappa shape index (κ3) is 3.53. The first-order valence-corrected chi connectivity index (χ1v) is 10.2. The fourth-order valence-corrected chi connectivity index (χ4v) is 4.22. The maximum atomic E-state index is 16.5. The lowest BCUT2D eigenvalue weighted by molar-refractivity contribution is -0.194. The fraction of sp³-hybridized carbons (Fsp3) is 0.737. The molecule has 0 radical (unpaired) electrons. The molecule has 10 heteroatoms. The summed E-state index contributed by atoms with van der Waals surface area (Å²) in [5, 5.41) is 2.95. The minimum absolute atomic E-state index is 0.0815. The first-order chi connectivity index (χ1) is 14.0. The molecule has 4 heterocycles. The van der Waals surface area contributed by atoms with Gasteiger partial charge in [-0.25, -0.2) is 9.37 Å². The average Bonchev–Trinajstić information content (AvgIpc) is 3.26. The molecule has 0 saturated carbocycles. The molecule has 4 rings (SSSR count). The normalized spacial score (nSPS) is 32.7. The lowest BCUT2D eigenvalue weighted by Gasteiger charge is -2.32. The van der Waals surface area contributed by atoms with Gasteiger partial charge in [0.25, 0.3) is 0 Å². The van der Waals surface area contributed by atoms with Crippen molar-refractivity contribution in [1.82, 2.24) is 19.5 Å². The van der Waals surface area contributed by atoms with Crippen molar-refractivity contribution in [3.8, 4) is 0 Å². The minimum atomic E-state index is -1.77. The zero-order chi connectivity index (χ0) is 20.6. The number of rotatable bonds is 6. The zero-order valence-corrected chi connectivity index (χ0v) is 17.1. The molecular weight excluding hydrogens is 379 g/mol. The van der Waals surface area contributed by atoms with Crippen molar-refractivity contribution in [3.05, 3.63) is 6.33 Å². The molecule has 9 nitrogen and oxygen atoms in total. The Kier molecular flexibility index (Phi) is 5.58. The summed E-state index contributed by atoms with van der Waals surface area (Å²) in [7, 11) is 1.72.